The van der Waals surface area contributed by atoms with Crippen molar-refractivity contribution in [2.45, 2.75) is 51.2 Å². The van der Waals surface area contributed by atoms with Gasteiger partial charge in [-0.1, -0.05) is 35.9 Å². The molecule has 2 rings (SSSR count). The number of carboxylic acid groups (broad SMARTS) is 1. The molecule has 164 valence electrons. The van der Waals surface area contributed by atoms with Crippen LogP contribution in [0.5, 0.6) is 5.75 Å². The third-order valence-electron chi connectivity index (χ3n) is 4.92. The number of benzene rings is 1. The average Bonchev–Trinajstić information content (AvgIpc) is 2.71. The van der Waals surface area contributed by atoms with Crippen LogP contribution in [0.15, 0.2) is 48.1 Å². The molecule has 2 N–H and O–H groups in total. The summed E-state index contributed by atoms with van der Waals surface area (Å²) in [6.45, 7) is 2.67. The van der Waals surface area contributed by atoms with Crippen LogP contribution in [0, 0.1) is 0 Å². The molecule has 0 aromatic heterocycles. The van der Waals surface area contributed by atoms with Crippen molar-refractivity contribution < 1.29 is 29.3 Å². The molecule has 1 fully saturated rings. The van der Waals surface area contributed by atoms with Gasteiger partial charge in [0.25, 0.3) is 0 Å². The summed E-state index contributed by atoms with van der Waals surface area (Å²) in [5, 5.41) is 19.1. The van der Waals surface area contributed by atoms with Crippen LogP contribution in [0.25, 0.3) is 0 Å². The smallest absolute Gasteiger partial charge is 0.410 e. The summed E-state index contributed by atoms with van der Waals surface area (Å²) in [6, 6.07) is 7.40. The van der Waals surface area contributed by atoms with Gasteiger partial charge in [-0.15, -0.1) is 0 Å². The standard InChI is InChI=1S/C23H31NO6/c1-17(6-3-4-9-22(26)27)16-24-19(12-13-30-23(24)28)10-11-20(25)14-18-7-5-8-21(15-18)29-2/h5-8,10-11,15,19-20,25H,3-4,9,12-14,16H2,1-2H3,(H,26,27)/b11-10+,17-6-/t19-,20?/m0/s1. The molecule has 1 aromatic carbocycles. The molecule has 1 saturated heterocycles. The van der Waals surface area contributed by atoms with Gasteiger partial charge in [-0.2, -0.15) is 0 Å². The highest BCUT2D eigenvalue weighted by Crippen LogP contribution is 2.19. The molecule has 1 heterocycles. The number of rotatable bonds is 11. The number of aliphatic carboxylic acids is 1. The minimum Gasteiger partial charge on any atom is -0.497 e. The molecule has 0 radical (unpaired) electrons. The number of methoxy groups -OCH3 is 1. The molecule has 1 aliphatic heterocycles. The van der Waals surface area contributed by atoms with Crippen molar-refractivity contribution in [3.8, 4) is 5.75 Å². The monoisotopic (exact) mass is 417 g/mol. The Labute approximate surface area is 177 Å². The molecule has 2 atom stereocenters. The molecule has 30 heavy (non-hydrogen) atoms. The van der Waals surface area contributed by atoms with Crippen molar-refractivity contribution in [3.63, 3.8) is 0 Å². The van der Waals surface area contributed by atoms with E-state index in [1.165, 1.54) is 0 Å². The van der Waals surface area contributed by atoms with Crippen LogP contribution in [0.4, 0.5) is 4.79 Å². The third kappa shape index (κ3) is 7.91. The Morgan fingerprint density at radius 3 is 2.97 bits per heavy atom. The molecular formula is C23H31NO6. The van der Waals surface area contributed by atoms with Crippen LogP contribution < -0.4 is 4.74 Å². The van der Waals surface area contributed by atoms with Crippen molar-refractivity contribution in [2.75, 3.05) is 20.3 Å². The van der Waals surface area contributed by atoms with Gasteiger partial charge in [-0.3, -0.25) is 9.69 Å². The Morgan fingerprint density at radius 1 is 1.43 bits per heavy atom. The molecule has 0 bridgehead atoms. The molecule has 7 nitrogen and oxygen atoms in total. The van der Waals surface area contributed by atoms with Gasteiger partial charge in [0.15, 0.2) is 0 Å². The van der Waals surface area contributed by atoms with E-state index in [1.807, 2.05) is 43.3 Å². The van der Waals surface area contributed by atoms with Crippen LogP contribution in [-0.4, -0.2) is 59.6 Å². The molecule has 1 amide bonds. The maximum absolute atomic E-state index is 12.3. The Morgan fingerprint density at radius 2 is 2.23 bits per heavy atom. The minimum absolute atomic E-state index is 0.131. The predicted octanol–water partition coefficient (Wildman–Crippen LogP) is 3.57. The van der Waals surface area contributed by atoms with Gasteiger partial charge in [0.2, 0.25) is 0 Å². The number of cyclic esters (lactones) is 1. The fourth-order valence-electron chi connectivity index (χ4n) is 3.32. The molecule has 7 heteroatoms. The lowest BCUT2D eigenvalue weighted by atomic mass is 10.0. The van der Waals surface area contributed by atoms with Crippen molar-refractivity contribution in [1.29, 1.82) is 0 Å². The average molecular weight is 418 g/mol. The summed E-state index contributed by atoms with van der Waals surface area (Å²) < 4.78 is 10.4. The number of allylic oxidation sites excluding steroid dienone is 1. The van der Waals surface area contributed by atoms with Crippen LogP contribution in [0.3, 0.4) is 0 Å². The van der Waals surface area contributed by atoms with Crippen molar-refractivity contribution in [1.82, 2.24) is 4.90 Å². The van der Waals surface area contributed by atoms with Gasteiger partial charge in [-0.05, 0) is 37.5 Å². The van der Waals surface area contributed by atoms with Gasteiger partial charge >= 0.3 is 12.1 Å². The molecule has 1 aliphatic rings. The number of nitrogens with zero attached hydrogens (tertiary/aromatic N) is 1. The number of hydrogen-bond acceptors (Lipinski definition) is 5. The first-order valence-corrected chi connectivity index (χ1v) is 10.2. The van der Waals surface area contributed by atoms with E-state index in [9.17, 15) is 14.7 Å². The Hall–Kier alpha value is -2.80. The zero-order chi connectivity index (χ0) is 21.9. The van der Waals surface area contributed by atoms with E-state index in [-0.39, 0.29) is 18.6 Å². The predicted molar refractivity (Wildman–Crippen MR) is 114 cm³/mol. The summed E-state index contributed by atoms with van der Waals surface area (Å²) in [6.07, 6.45) is 6.95. The quantitative estimate of drug-likeness (QED) is 0.422. The van der Waals surface area contributed by atoms with Gasteiger partial charge in [0, 0.05) is 25.8 Å². The summed E-state index contributed by atoms with van der Waals surface area (Å²) in [5.41, 5.74) is 1.95. The topological polar surface area (TPSA) is 96.3 Å². The summed E-state index contributed by atoms with van der Waals surface area (Å²) >= 11 is 0. The Kier molecular flexibility index (Phi) is 9.41. The van der Waals surface area contributed by atoms with Crippen LogP contribution in [-0.2, 0) is 16.0 Å². The van der Waals surface area contributed by atoms with Gasteiger partial charge in [0.1, 0.15) is 5.75 Å². The molecular weight excluding hydrogens is 386 g/mol. The molecule has 0 saturated carbocycles. The fourth-order valence-corrected chi connectivity index (χ4v) is 3.32. The van der Waals surface area contributed by atoms with Gasteiger partial charge in [-0.25, -0.2) is 4.79 Å². The molecule has 1 unspecified atom stereocenters. The SMILES string of the molecule is COc1cccc(CC(O)/C=C/[C@H]2CCOC(=O)N2C/C(C)=C\CCCC(=O)O)c1. The highest BCUT2D eigenvalue weighted by Gasteiger charge is 2.28. The zero-order valence-electron chi connectivity index (χ0n) is 17.6. The highest BCUT2D eigenvalue weighted by molar-refractivity contribution is 5.69. The minimum atomic E-state index is -0.807. The number of carbonyl (C=O) groups excluding carboxylic acids is 1. The van der Waals surface area contributed by atoms with E-state index in [4.69, 9.17) is 14.6 Å². The highest BCUT2D eigenvalue weighted by atomic mass is 16.6. The Bertz CT molecular complexity index is 773. The van der Waals surface area contributed by atoms with E-state index < -0.39 is 12.1 Å². The molecule has 0 spiro atoms. The number of carbonyl (C=O) groups is 2. The first kappa shape index (κ1) is 23.5. The maximum Gasteiger partial charge on any atom is 0.410 e. The third-order valence-corrected chi connectivity index (χ3v) is 4.92. The van der Waals surface area contributed by atoms with Crippen molar-refractivity contribution in [3.05, 3.63) is 53.6 Å². The number of amides is 1. The number of aliphatic hydroxyl groups is 1. The number of ether oxygens (including phenoxy) is 2. The maximum atomic E-state index is 12.3. The number of aliphatic hydroxyl groups excluding tert-OH is 1. The second-order valence-electron chi connectivity index (χ2n) is 7.44. The lowest BCUT2D eigenvalue weighted by molar-refractivity contribution is -0.137. The molecule has 0 aliphatic carbocycles. The van der Waals surface area contributed by atoms with Crippen molar-refractivity contribution in [2.24, 2.45) is 0 Å². The van der Waals surface area contributed by atoms with Crippen LogP contribution in [0.2, 0.25) is 0 Å². The second-order valence-corrected chi connectivity index (χ2v) is 7.44. The summed E-state index contributed by atoms with van der Waals surface area (Å²) in [4.78, 5) is 24.5. The van der Waals surface area contributed by atoms with Crippen molar-refractivity contribution >= 4 is 12.1 Å². The Balaban J connectivity index is 1.94. The van der Waals surface area contributed by atoms with Gasteiger partial charge < -0.3 is 19.7 Å². The first-order valence-electron chi connectivity index (χ1n) is 10.2. The van der Waals surface area contributed by atoms with Crippen LogP contribution in [0.1, 0.15) is 38.2 Å². The first-order chi connectivity index (χ1) is 14.4. The zero-order valence-corrected chi connectivity index (χ0v) is 17.6. The normalized spacial score (nSPS) is 18.4. The van der Waals surface area contributed by atoms with E-state index in [1.54, 1.807) is 18.1 Å². The lowest BCUT2D eigenvalue weighted by Crippen LogP contribution is -2.45. The van der Waals surface area contributed by atoms with Gasteiger partial charge in [0.05, 0.1) is 25.9 Å². The number of unbranched alkanes of at least 4 members (excludes halogenated alkanes) is 1. The second kappa shape index (κ2) is 12.0. The van der Waals surface area contributed by atoms with E-state index in [0.717, 1.165) is 16.9 Å². The largest absolute Gasteiger partial charge is 0.497 e. The number of hydrogen-bond donors (Lipinski definition) is 2. The van der Waals surface area contributed by atoms with Crippen LogP contribution >= 0.6 is 0 Å². The van der Waals surface area contributed by atoms with E-state index in [2.05, 4.69) is 0 Å². The summed E-state index contributed by atoms with van der Waals surface area (Å²) in [7, 11) is 1.61. The lowest BCUT2D eigenvalue weighted by Gasteiger charge is -2.33. The molecule has 1 aromatic rings. The number of carboxylic acids is 1. The summed E-state index contributed by atoms with van der Waals surface area (Å²) in [5.74, 6) is -0.0612. The van der Waals surface area contributed by atoms with E-state index >= 15 is 0 Å². The van der Waals surface area contributed by atoms with E-state index in [0.29, 0.717) is 38.8 Å². The fraction of sp³-hybridized carbons (Fsp3) is 0.478.